The normalized spacial score (nSPS) is 16.7. The first-order valence-corrected chi connectivity index (χ1v) is 19.3. The number of morpholine rings is 1. The van der Waals surface area contributed by atoms with Crippen LogP contribution in [0.1, 0.15) is 50.1 Å². The van der Waals surface area contributed by atoms with Gasteiger partial charge in [0.1, 0.15) is 12.0 Å². The Labute approximate surface area is 335 Å². The number of hydrogen-bond acceptors (Lipinski definition) is 7. The summed E-state index contributed by atoms with van der Waals surface area (Å²) in [5.74, 6) is -1.36. The van der Waals surface area contributed by atoms with E-state index in [1.54, 1.807) is 60.9 Å². The van der Waals surface area contributed by atoms with E-state index < -0.39 is 24.4 Å². The topological polar surface area (TPSA) is 79.6 Å². The molecular weight excluding hydrogens is 757 g/mol. The molecule has 0 radical (unpaired) electrons. The third kappa shape index (κ3) is 8.56. The summed E-state index contributed by atoms with van der Waals surface area (Å²) < 4.78 is 60.6. The van der Waals surface area contributed by atoms with Gasteiger partial charge in [0.05, 0.1) is 32.4 Å². The van der Waals surface area contributed by atoms with E-state index in [1.807, 2.05) is 48.2 Å². The van der Waals surface area contributed by atoms with E-state index in [-0.39, 0.29) is 29.6 Å². The summed E-state index contributed by atoms with van der Waals surface area (Å²) in [7, 11) is 3.34. The summed E-state index contributed by atoms with van der Waals surface area (Å²) in [6.07, 6.45) is -0.729. The minimum absolute atomic E-state index is 0.166. The highest BCUT2D eigenvalue weighted by atomic mass is 35.5. The molecule has 1 unspecified atom stereocenters. The van der Waals surface area contributed by atoms with Crippen LogP contribution in [0.4, 0.5) is 18.9 Å². The largest absolute Gasteiger partial charge is 0.496 e. The van der Waals surface area contributed by atoms with Crippen molar-refractivity contribution in [2.75, 3.05) is 44.9 Å². The summed E-state index contributed by atoms with van der Waals surface area (Å²) in [5.41, 5.74) is 6.24. The monoisotopic (exact) mass is 802 g/mol. The standard InChI is InChI=1S/C44H46ClF3N4O5/c1-27-30(10-7-11-40(27)55-4)24-51(33-14-12-32(45)13-15-33)42(53)35-22-39(49(3)28(35)2)36-21-38(46)41(57-44(47)48)23-37(36)43(54)52-25-31-9-6-5-8-29(31)20-34(52)26-50-16-18-56-19-17-50/h5-15,21-23,34,43-44,54H,16-20,24-26H2,1-4H3/t34-,43?/m0/s1. The van der Waals surface area contributed by atoms with Gasteiger partial charge in [-0.3, -0.25) is 14.6 Å². The molecule has 3 heterocycles. The van der Waals surface area contributed by atoms with Gasteiger partial charge in [-0.2, -0.15) is 8.78 Å². The second-order valence-corrected chi connectivity index (χ2v) is 15.0. The van der Waals surface area contributed by atoms with Gasteiger partial charge in [-0.1, -0.05) is 48.0 Å². The number of nitrogens with zero attached hydrogens (tertiary/aromatic N) is 4. The molecule has 2 aliphatic heterocycles. The molecule has 5 aromatic rings. The Morgan fingerprint density at radius 2 is 1.70 bits per heavy atom. The van der Waals surface area contributed by atoms with Crippen LogP contribution in [0, 0.1) is 19.7 Å². The number of carbonyl (C=O) groups is 1. The van der Waals surface area contributed by atoms with Crippen LogP contribution in [0.15, 0.2) is 84.9 Å². The van der Waals surface area contributed by atoms with Gasteiger partial charge >= 0.3 is 6.61 Å². The molecule has 2 aliphatic rings. The van der Waals surface area contributed by atoms with Crippen LogP contribution in [0.25, 0.3) is 11.3 Å². The van der Waals surface area contributed by atoms with E-state index in [9.17, 15) is 18.7 Å². The lowest BCUT2D eigenvalue weighted by Gasteiger charge is -2.43. The van der Waals surface area contributed by atoms with Crippen LogP contribution >= 0.6 is 11.6 Å². The summed E-state index contributed by atoms with van der Waals surface area (Å²) >= 11 is 6.25. The van der Waals surface area contributed by atoms with Gasteiger partial charge in [-0.15, -0.1) is 0 Å². The van der Waals surface area contributed by atoms with Gasteiger partial charge in [0.25, 0.3) is 5.91 Å². The molecule has 1 amide bonds. The summed E-state index contributed by atoms with van der Waals surface area (Å²) in [6.45, 7) is 4.29. The van der Waals surface area contributed by atoms with Crippen LogP contribution in [-0.4, -0.2) is 78.0 Å². The minimum atomic E-state index is -3.29. The minimum Gasteiger partial charge on any atom is -0.496 e. The maximum atomic E-state index is 15.8. The highest BCUT2D eigenvalue weighted by Crippen LogP contribution is 2.40. The van der Waals surface area contributed by atoms with Crippen molar-refractivity contribution in [2.24, 2.45) is 7.05 Å². The number of carbonyl (C=O) groups excluding carboxylic acids is 1. The van der Waals surface area contributed by atoms with Crippen LogP contribution in [-0.2, 0) is 31.3 Å². The Kier molecular flexibility index (Phi) is 12.3. The number of aliphatic hydroxyl groups excluding tert-OH is 1. The van der Waals surface area contributed by atoms with Crippen LogP contribution in [0.3, 0.4) is 0 Å². The summed E-state index contributed by atoms with van der Waals surface area (Å²) in [5, 5.41) is 13.0. The highest BCUT2D eigenvalue weighted by molar-refractivity contribution is 6.30. The van der Waals surface area contributed by atoms with Crippen molar-refractivity contribution in [2.45, 2.75) is 52.2 Å². The number of amides is 1. The molecule has 0 spiro atoms. The fraction of sp³-hybridized carbons (Fsp3) is 0.341. The third-order valence-corrected chi connectivity index (χ3v) is 11.5. The predicted molar refractivity (Wildman–Crippen MR) is 214 cm³/mol. The molecule has 0 aliphatic carbocycles. The number of aromatic nitrogens is 1. The number of halogens is 4. The fourth-order valence-corrected chi connectivity index (χ4v) is 8.08. The first-order chi connectivity index (χ1) is 27.4. The van der Waals surface area contributed by atoms with Crippen molar-refractivity contribution < 1.29 is 37.3 Å². The molecule has 57 heavy (non-hydrogen) atoms. The van der Waals surface area contributed by atoms with E-state index in [4.69, 9.17) is 21.1 Å². The Balaban J connectivity index is 1.31. The van der Waals surface area contributed by atoms with Crippen LogP contribution in [0.5, 0.6) is 11.5 Å². The van der Waals surface area contributed by atoms with Gasteiger partial charge in [-0.05, 0) is 91.1 Å². The van der Waals surface area contributed by atoms with Gasteiger partial charge in [0, 0.05) is 72.5 Å². The zero-order valence-electron chi connectivity index (χ0n) is 32.4. The highest BCUT2D eigenvalue weighted by Gasteiger charge is 2.36. The third-order valence-electron chi connectivity index (χ3n) is 11.3. The molecule has 1 fully saturated rings. The number of rotatable bonds is 12. The number of benzene rings is 4. The van der Waals surface area contributed by atoms with Crippen molar-refractivity contribution in [1.29, 1.82) is 0 Å². The van der Waals surface area contributed by atoms with E-state index in [0.29, 0.717) is 66.1 Å². The van der Waals surface area contributed by atoms with E-state index in [2.05, 4.69) is 15.7 Å². The molecule has 2 atom stereocenters. The van der Waals surface area contributed by atoms with E-state index in [1.165, 1.54) is 0 Å². The number of anilines is 1. The number of hydrogen-bond donors (Lipinski definition) is 1. The molecule has 13 heteroatoms. The molecule has 0 bridgehead atoms. The first kappa shape index (κ1) is 40.4. The van der Waals surface area contributed by atoms with Crippen molar-refractivity contribution in [1.82, 2.24) is 14.4 Å². The van der Waals surface area contributed by atoms with Crippen molar-refractivity contribution >= 4 is 23.2 Å². The van der Waals surface area contributed by atoms with Gasteiger partial charge < -0.3 is 28.8 Å². The first-order valence-electron chi connectivity index (χ1n) is 18.9. The Morgan fingerprint density at radius 1 is 0.982 bits per heavy atom. The number of alkyl halides is 2. The molecule has 7 rings (SSSR count). The fourth-order valence-electron chi connectivity index (χ4n) is 7.96. The molecule has 4 aromatic carbocycles. The molecule has 1 aromatic heterocycles. The summed E-state index contributed by atoms with van der Waals surface area (Å²) in [6, 6.07) is 24.4. The molecule has 0 saturated carbocycles. The second kappa shape index (κ2) is 17.3. The lowest BCUT2D eigenvalue weighted by molar-refractivity contribution is -0.0588. The molecule has 9 nitrogen and oxygen atoms in total. The number of ether oxygens (including phenoxy) is 3. The van der Waals surface area contributed by atoms with Gasteiger partial charge in [0.2, 0.25) is 0 Å². The molecule has 1 saturated heterocycles. The van der Waals surface area contributed by atoms with Gasteiger partial charge in [0.15, 0.2) is 11.6 Å². The Morgan fingerprint density at radius 3 is 2.40 bits per heavy atom. The predicted octanol–water partition coefficient (Wildman–Crippen LogP) is 8.31. The zero-order chi connectivity index (χ0) is 40.4. The molecular formula is C44H46ClF3N4O5. The molecule has 300 valence electrons. The number of methoxy groups -OCH3 is 1. The van der Waals surface area contributed by atoms with Gasteiger partial charge in [-0.25, -0.2) is 4.39 Å². The maximum Gasteiger partial charge on any atom is 0.387 e. The second-order valence-electron chi connectivity index (χ2n) is 14.5. The van der Waals surface area contributed by atoms with Crippen molar-refractivity contribution in [3.8, 4) is 22.8 Å². The smallest absolute Gasteiger partial charge is 0.387 e. The van der Waals surface area contributed by atoms with Crippen LogP contribution in [0.2, 0.25) is 5.02 Å². The summed E-state index contributed by atoms with van der Waals surface area (Å²) in [4.78, 5) is 20.6. The maximum absolute atomic E-state index is 15.8. The quantitative estimate of drug-likeness (QED) is 0.136. The lowest BCUT2D eigenvalue weighted by Crippen LogP contribution is -2.51. The number of aliphatic hydroxyl groups is 1. The molecule has 1 N–H and O–H groups in total. The lowest BCUT2D eigenvalue weighted by atomic mass is 9.91. The Hall–Kier alpha value is -4.85. The Bertz CT molecular complexity index is 2230. The van der Waals surface area contributed by atoms with E-state index >= 15 is 4.39 Å². The van der Waals surface area contributed by atoms with Crippen molar-refractivity contribution in [3.05, 3.63) is 135 Å². The SMILES string of the molecule is COc1cccc(CN(C(=O)c2cc(-c3cc(F)c(OC(F)F)cc3C(O)N3Cc4ccccc4C[C@H]3CN3CCOCC3)n(C)c2C)c2ccc(Cl)cc2)c1C. The number of fused-ring (bicyclic) bond motifs is 1. The van der Waals surface area contributed by atoms with Crippen molar-refractivity contribution in [3.63, 3.8) is 0 Å². The van der Waals surface area contributed by atoms with E-state index in [0.717, 1.165) is 47.5 Å². The zero-order valence-corrected chi connectivity index (χ0v) is 33.1. The average Bonchev–Trinajstić information content (AvgIpc) is 3.50. The van der Waals surface area contributed by atoms with Crippen LogP contribution < -0.4 is 14.4 Å². The average molecular weight is 803 g/mol.